The summed E-state index contributed by atoms with van der Waals surface area (Å²) in [6.45, 7) is 4.30. The van der Waals surface area contributed by atoms with Gasteiger partial charge < -0.3 is 20.4 Å². The zero-order valence-electron chi connectivity index (χ0n) is 17.6. The first-order chi connectivity index (χ1) is 14.6. The van der Waals surface area contributed by atoms with Crippen molar-refractivity contribution in [3.63, 3.8) is 0 Å². The van der Waals surface area contributed by atoms with Crippen LogP contribution in [0.4, 0.5) is 0 Å². The Bertz CT molecular complexity index is 815. The Morgan fingerprint density at radius 3 is 2.42 bits per heavy atom. The van der Waals surface area contributed by atoms with Crippen LogP contribution in [-0.4, -0.2) is 64.4 Å². The zero-order valence-corrected chi connectivity index (χ0v) is 19.9. The third-order valence-corrected chi connectivity index (χ3v) is 7.43. The topological polar surface area (TPSA) is 107 Å². The van der Waals surface area contributed by atoms with E-state index in [0.29, 0.717) is 41.7 Å². The average molecular weight is 491 g/mol. The number of rotatable bonds is 9. The van der Waals surface area contributed by atoms with Crippen molar-refractivity contribution in [3.05, 3.63) is 27.7 Å². The van der Waals surface area contributed by atoms with E-state index in [1.165, 1.54) is 18.7 Å². The summed E-state index contributed by atoms with van der Waals surface area (Å²) in [6.07, 6.45) is 1.27. The summed E-state index contributed by atoms with van der Waals surface area (Å²) in [6, 6.07) is 2.79. The van der Waals surface area contributed by atoms with E-state index in [1.807, 2.05) is 19.1 Å². The minimum Gasteiger partial charge on any atom is -0.480 e. The fourth-order valence-electron chi connectivity index (χ4n) is 3.48. The van der Waals surface area contributed by atoms with E-state index in [-0.39, 0.29) is 36.7 Å². The molecule has 10 heteroatoms. The van der Waals surface area contributed by atoms with Crippen LogP contribution in [0.15, 0.2) is 17.0 Å². The van der Waals surface area contributed by atoms with E-state index in [0.717, 1.165) is 10.5 Å². The predicted molar refractivity (Wildman–Crippen MR) is 122 cm³/mol. The van der Waals surface area contributed by atoms with Crippen LogP contribution in [0.25, 0.3) is 0 Å². The number of hydrogen-bond acceptors (Lipinski definition) is 5. The van der Waals surface area contributed by atoms with Gasteiger partial charge in [0.2, 0.25) is 11.8 Å². The van der Waals surface area contributed by atoms with Crippen LogP contribution < -0.4 is 5.32 Å². The molecular formula is C21H28Cl2N2O5S. The van der Waals surface area contributed by atoms with Crippen molar-refractivity contribution in [1.29, 1.82) is 0 Å². The Morgan fingerprint density at radius 2 is 1.84 bits per heavy atom. The van der Waals surface area contributed by atoms with Gasteiger partial charge in [0.15, 0.2) is 0 Å². The van der Waals surface area contributed by atoms with Crippen molar-refractivity contribution in [3.8, 4) is 0 Å². The number of piperidine rings is 1. The van der Waals surface area contributed by atoms with E-state index in [2.05, 4.69) is 5.32 Å². The molecule has 1 aliphatic rings. The Labute approximate surface area is 196 Å². The zero-order chi connectivity index (χ0) is 23.1. The van der Waals surface area contributed by atoms with E-state index >= 15 is 0 Å². The minimum absolute atomic E-state index is 0.0174. The van der Waals surface area contributed by atoms with Gasteiger partial charge in [0.1, 0.15) is 6.04 Å². The maximum atomic E-state index is 12.8. The van der Waals surface area contributed by atoms with Gasteiger partial charge in [-0.2, -0.15) is 0 Å². The smallest absolute Gasteiger partial charge is 0.325 e. The van der Waals surface area contributed by atoms with Crippen LogP contribution in [-0.2, 0) is 14.4 Å². The molecule has 2 amide bonds. The van der Waals surface area contributed by atoms with Crippen molar-refractivity contribution in [2.75, 3.05) is 25.4 Å². The fourth-order valence-corrected chi connectivity index (χ4v) is 4.93. The summed E-state index contributed by atoms with van der Waals surface area (Å²) in [4.78, 5) is 38.4. The molecule has 2 atom stereocenters. The molecule has 31 heavy (non-hydrogen) atoms. The van der Waals surface area contributed by atoms with Crippen molar-refractivity contribution in [1.82, 2.24) is 10.2 Å². The monoisotopic (exact) mass is 490 g/mol. The summed E-state index contributed by atoms with van der Waals surface area (Å²) in [7, 11) is 0. The van der Waals surface area contributed by atoms with Gasteiger partial charge in [-0.05, 0) is 37.3 Å². The quantitative estimate of drug-likeness (QED) is 0.457. The first-order valence-corrected chi connectivity index (χ1v) is 11.9. The lowest BCUT2D eigenvalue weighted by Gasteiger charge is -2.32. The molecule has 1 aliphatic heterocycles. The maximum absolute atomic E-state index is 12.8. The molecular weight excluding hydrogens is 463 g/mol. The van der Waals surface area contributed by atoms with Crippen LogP contribution in [0.3, 0.4) is 0 Å². The summed E-state index contributed by atoms with van der Waals surface area (Å²) in [5, 5.41) is 21.2. The van der Waals surface area contributed by atoms with Gasteiger partial charge in [-0.15, -0.1) is 11.8 Å². The van der Waals surface area contributed by atoms with Gasteiger partial charge in [-0.3, -0.25) is 14.4 Å². The largest absolute Gasteiger partial charge is 0.480 e. The standard InChI is InChI=1S/C21H28Cl2N2O5S/c1-12(15-3-4-16(31-10-9-26)19(23)18(15)22)11-17(27)25-7-5-14(6-8-25)20(28)24-13(2)21(29)30/h3-4,12-14,26H,5-11H2,1-2H3,(H,24,28)(H,29,30)/t12?,13-/m0/s1. The number of benzene rings is 1. The van der Waals surface area contributed by atoms with E-state index in [4.69, 9.17) is 33.4 Å². The van der Waals surface area contributed by atoms with Gasteiger partial charge in [-0.25, -0.2) is 0 Å². The Morgan fingerprint density at radius 1 is 1.19 bits per heavy atom. The number of carbonyl (C=O) groups excluding carboxylic acids is 2. The maximum Gasteiger partial charge on any atom is 0.325 e. The van der Waals surface area contributed by atoms with Crippen LogP contribution >= 0.6 is 35.0 Å². The summed E-state index contributed by atoms with van der Waals surface area (Å²) >= 11 is 14.2. The second-order valence-corrected chi connectivity index (χ2v) is 9.57. The number of nitrogens with zero attached hydrogens (tertiary/aromatic N) is 1. The number of carboxylic acid groups (broad SMARTS) is 1. The van der Waals surface area contributed by atoms with Crippen LogP contribution in [0.2, 0.25) is 10.0 Å². The highest BCUT2D eigenvalue weighted by molar-refractivity contribution is 7.99. The third kappa shape index (κ3) is 7.00. The number of hydrogen-bond donors (Lipinski definition) is 3. The third-order valence-electron chi connectivity index (χ3n) is 5.38. The first kappa shape index (κ1) is 25.8. The molecule has 172 valence electrons. The summed E-state index contributed by atoms with van der Waals surface area (Å²) in [5.41, 5.74) is 0.797. The van der Waals surface area contributed by atoms with Crippen LogP contribution in [0.5, 0.6) is 0 Å². The minimum atomic E-state index is -1.08. The van der Waals surface area contributed by atoms with Gasteiger partial charge in [0.05, 0.1) is 16.7 Å². The Balaban J connectivity index is 1.91. The average Bonchev–Trinajstić information content (AvgIpc) is 2.74. The molecule has 0 aliphatic carbocycles. The van der Waals surface area contributed by atoms with Crippen LogP contribution in [0.1, 0.15) is 44.6 Å². The molecule has 0 spiro atoms. The molecule has 1 heterocycles. The molecule has 1 unspecified atom stereocenters. The van der Waals surface area contributed by atoms with Crippen LogP contribution in [0, 0.1) is 5.92 Å². The van der Waals surface area contributed by atoms with Gasteiger partial charge in [-0.1, -0.05) is 36.2 Å². The second kappa shape index (κ2) is 11.9. The lowest BCUT2D eigenvalue weighted by atomic mass is 9.93. The first-order valence-electron chi connectivity index (χ1n) is 10.2. The number of nitrogens with one attached hydrogen (secondary N) is 1. The molecule has 7 nitrogen and oxygen atoms in total. The number of aliphatic carboxylic acids is 1. The number of aliphatic hydroxyl groups excluding tert-OH is 1. The number of carboxylic acids is 1. The second-order valence-electron chi connectivity index (χ2n) is 7.68. The van der Waals surface area contributed by atoms with Crippen molar-refractivity contribution < 1.29 is 24.6 Å². The normalized spacial score (nSPS) is 16.6. The van der Waals surface area contributed by atoms with E-state index in [1.54, 1.807) is 4.90 Å². The highest BCUT2D eigenvalue weighted by atomic mass is 35.5. The lowest BCUT2D eigenvalue weighted by Crippen LogP contribution is -2.46. The molecule has 1 aromatic rings. The Hall–Kier alpha value is -1.48. The van der Waals surface area contributed by atoms with Crippen molar-refractivity contribution in [2.24, 2.45) is 5.92 Å². The molecule has 1 saturated heterocycles. The van der Waals surface area contributed by atoms with Crippen molar-refractivity contribution >= 4 is 52.7 Å². The van der Waals surface area contributed by atoms with Gasteiger partial charge >= 0.3 is 5.97 Å². The summed E-state index contributed by atoms with van der Waals surface area (Å²) < 4.78 is 0. The molecule has 0 aromatic heterocycles. The molecule has 0 saturated carbocycles. The molecule has 0 radical (unpaired) electrons. The molecule has 3 N–H and O–H groups in total. The number of thioether (sulfide) groups is 1. The molecule has 0 bridgehead atoms. The highest BCUT2D eigenvalue weighted by Gasteiger charge is 2.29. The highest BCUT2D eigenvalue weighted by Crippen LogP contribution is 2.39. The summed E-state index contributed by atoms with van der Waals surface area (Å²) in [5.74, 6) is -1.28. The molecule has 2 rings (SSSR count). The van der Waals surface area contributed by atoms with Crippen molar-refractivity contribution in [2.45, 2.75) is 50.0 Å². The molecule has 1 aromatic carbocycles. The number of likely N-dealkylation sites (tertiary alicyclic amines) is 1. The fraction of sp³-hybridized carbons (Fsp3) is 0.571. The Kier molecular flexibility index (Phi) is 9.93. The number of halogens is 2. The number of aliphatic hydroxyl groups is 1. The number of carbonyl (C=O) groups is 3. The lowest BCUT2D eigenvalue weighted by molar-refractivity contribution is -0.142. The van der Waals surface area contributed by atoms with E-state index in [9.17, 15) is 14.4 Å². The molecule has 1 fully saturated rings. The SMILES string of the molecule is CC(CC(=O)N1CCC(C(=O)N[C@@H](C)C(=O)O)CC1)c1ccc(SCCO)c(Cl)c1Cl. The van der Waals surface area contributed by atoms with Gasteiger partial charge in [0.25, 0.3) is 0 Å². The number of amides is 2. The van der Waals surface area contributed by atoms with Gasteiger partial charge in [0, 0.05) is 36.1 Å². The van der Waals surface area contributed by atoms with E-state index < -0.39 is 12.0 Å². The predicted octanol–water partition coefficient (Wildman–Crippen LogP) is 3.40.